The van der Waals surface area contributed by atoms with E-state index in [9.17, 15) is 13.2 Å². The Bertz CT molecular complexity index is 1420. The lowest BCUT2D eigenvalue weighted by atomic mass is 9.79. The summed E-state index contributed by atoms with van der Waals surface area (Å²) >= 11 is 5.81. The summed E-state index contributed by atoms with van der Waals surface area (Å²) in [4.78, 5) is 17.5. The number of piperidine rings is 1. The number of carbonyl (C=O) groups excluding carboxylic acids is 1. The van der Waals surface area contributed by atoms with Gasteiger partial charge in [0.2, 0.25) is 10.0 Å². The van der Waals surface area contributed by atoms with Crippen LogP contribution in [0.25, 0.3) is 0 Å². The first-order valence-electron chi connectivity index (χ1n) is 14.7. The van der Waals surface area contributed by atoms with Crippen molar-refractivity contribution in [2.45, 2.75) is 49.1 Å². The van der Waals surface area contributed by atoms with Crippen LogP contribution >= 0.6 is 11.6 Å². The van der Waals surface area contributed by atoms with E-state index < -0.39 is 15.4 Å². The molecule has 1 unspecified atom stereocenters. The Morgan fingerprint density at radius 3 is 2.16 bits per heavy atom. The lowest BCUT2D eigenvalue weighted by Gasteiger charge is -2.40. The third kappa shape index (κ3) is 8.92. The maximum atomic E-state index is 13.4. The number of rotatable bonds is 13. The Kier molecular flexibility index (Phi) is 11.8. The van der Waals surface area contributed by atoms with Crippen molar-refractivity contribution in [1.82, 2.24) is 14.1 Å². The van der Waals surface area contributed by atoms with Crippen LogP contribution in [0.1, 0.15) is 37.3 Å². The molecule has 0 bridgehead atoms. The van der Waals surface area contributed by atoms with Gasteiger partial charge in [-0.3, -0.25) is 0 Å². The first-order valence-corrected chi connectivity index (χ1v) is 16.6. The van der Waals surface area contributed by atoms with E-state index in [1.165, 1.54) is 9.84 Å². The Labute approximate surface area is 261 Å². The zero-order valence-corrected chi connectivity index (χ0v) is 26.6. The molecule has 0 aromatic heterocycles. The number of likely N-dealkylation sites (N-methyl/N-ethyl adjacent to an activating group) is 1. The van der Waals surface area contributed by atoms with Gasteiger partial charge in [-0.1, -0.05) is 103 Å². The largest absolute Gasteiger partial charge is 0.445 e. The number of sulfonamides is 1. The monoisotopic (exact) mass is 623 g/mol. The van der Waals surface area contributed by atoms with Crippen LogP contribution in [0.2, 0.25) is 0 Å². The van der Waals surface area contributed by atoms with E-state index in [-0.39, 0.29) is 18.7 Å². The quantitative estimate of drug-likeness (QED) is 0.217. The molecule has 1 amide bonds. The molecule has 0 spiro atoms. The number of likely N-dealkylation sites (tertiary alicyclic amines) is 1. The maximum absolute atomic E-state index is 13.4. The molecular formula is C34H42ClN3O4S. The number of hydrogen-bond donors (Lipinski definition) is 0. The number of nitrogens with zero attached hydrogens (tertiary/aromatic N) is 3. The third-order valence-electron chi connectivity index (χ3n) is 8.30. The molecule has 1 fully saturated rings. The second kappa shape index (κ2) is 15.5. The minimum atomic E-state index is -3.62. The van der Waals surface area contributed by atoms with Crippen LogP contribution in [0, 0.1) is 0 Å². The minimum Gasteiger partial charge on any atom is -0.445 e. The SMILES string of the molecule is CN(CC(C)(CCN1CCC(N(C/C=C/Cl)C(=O)OCc2ccccc2)CC1)c1ccccc1)S(=O)(=O)c1ccccc1. The van der Waals surface area contributed by atoms with Gasteiger partial charge in [0.15, 0.2) is 0 Å². The fourth-order valence-corrected chi connectivity index (χ4v) is 7.09. The fourth-order valence-electron chi connectivity index (χ4n) is 5.69. The molecular weight excluding hydrogens is 582 g/mol. The average Bonchev–Trinajstić information content (AvgIpc) is 3.05. The van der Waals surface area contributed by atoms with E-state index in [0.29, 0.717) is 18.0 Å². The van der Waals surface area contributed by atoms with Gasteiger partial charge in [0.05, 0.1) is 4.90 Å². The van der Waals surface area contributed by atoms with Gasteiger partial charge < -0.3 is 14.5 Å². The molecule has 43 heavy (non-hydrogen) atoms. The van der Waals surface area contributed by atoms with E-state index in [0.717, 1.165) is 50.0 Å². The molecule has 0 saturated carbocycles. The first-order chi connectivity index (χ1) is 20.7. The highest BCUT2D eigenvalue weighted by Crippen LogP contribution is 2.31. The van der Waals surface area contributed by atoms with Crippen molar-refractivity contribution in [1.29, 1.82) is 0 Å². The van der Waals surface area contributed by atoms with E-state index in [1.54, 1.807) is 42.3 Å². The Balaban J connectivity index is 1.38. The van der Waals surface area contributed by atoms with Crippen molar-refractivity contribution in [3.05, 3.63) is 114 Å². The van der Waals surface area contributed by atoms with Gasteiger partial charge in [-0.15, -0.1) is 0 Å². The van der Waals surface area contributed by atoms with Gasteiger partial charge in [0.25, 0.3) is 0 Å². The molecule has 9 heteroatoms. The molecule has 7 nitrogen and oxygen atoms in total. The standard InChI is InChI=1S/C34H42ClN3O4S/c1-34(30-15-8-4-9-16-30,28-36(2)43(40,41)32-17-10-5-11-18-32)21-26-37-24-19-31(20-25-37)38(23-12-22-35)33(39)42-27-29-13-6-3-7-14-29/h3-18,22,31H,19-21,23-28H2,1-2H3/b22-12+. The summed E-state index contributed by atoms with van der Waals surface area (Å²) in [5.74, 6) is 0. The van der Waals surface area contributed by atoms with E-state index in [4.69, 9.17) is 16.3 Å². The zero-order chi connectivity index (χ0) is 30.7. The molecule has 0 aliphatic carbocycles. The van der Waals surface area contributed by atoms with E-state index >= 15 is 0 Å². The predicted molar refractivity (Wildman–Crippen MR) is 172 cm³/mol. The second-order valence-corrected chi connectivity index (χ2v) is 13.7. The molecule has 1 saturated heterocycles. The molecule has 0 N–H and O–H groups in total. The molecule has 230 valence electrons. The lowest BCUT2D eigenvalue weighted by Crippen LogP contribution is -2.48. The normalized spacial score (nSPS) is 16.3. The highest BCUT2D eigenvalue weighted by atomic mass is 35.5. The number of benzene rings is 3. The van der Waals surface area contributed by atoms with Crippen molar-refractivity contribution in [3.63, 3.8) is 0 Å². The number of hydrogen-bond acceptors (Lipinski definition) is 5. The highest BCUT2D eigenvalue weighted by Gasteiger charge is 2.34. The summed E-state index contributed by atoms with van der Waals surface area (Å²) in [6.45, 7) is 5.62. The van der Waals surface area contributed by atoms with Crippen molar-refractivity contribution in [2.24, 2.45) is 0 Å². The van der Waals surface area contributed by atoms with Gasteiger partial charge in [-0.05, 0) is 49.1 Å². The van der Waals surface area contributed by atoms with Crippen LogP contribution in [0.4, 0.5) is 4.79 Å². The maximum Gasteiger partial charge on any atom is 0.410 e. The van der Waals surface area contributed by atoms with Crippen LogP contribution in [0.3, 0.4) is 0 Å². The average molecular weight is 624 g/mol. The molecule has 3 aromatic carbocycles. The van der Waals surface area contributed by atoms with Crippen LogP contribution < -0.4 is 0 Å². The predicted octanol–water partition coefficient (Wildman–Crippen LogP) is 6.51. The summed E-state index contributed by atoms with van der Waals surface area (Å²) in [5, 5.41) is 0. The van der Waals surface area contributed by atoms with Crippen molar-refractivity contribution in [3.8, 4) is 0 Å². The zero-order valence-electron chi connectivity index (χ0n) is 25.0. The van der Waals surface area contributed by atoms with Gasteiger partial charge in [0.1, 0.15) is 6.61 Å². The summed E-state index contributed by atoms with van der Waals surface area (Å²) < 4.78 is 33.9. The van der Waals surface area contributed by atoms with Crippen LogP contribution in [0.5, 0.6) is 0 Å². The van der Waals surface area contributed by atoms with Crippen molar-refractivity contribution in [2.75, 3.05) is 39.8 Å². The molecule has 1 heterocycles. The Morgan fingerprint density at radius 2 is 1.56 bits per heavy atom. The number of carbonyl (C=O) groups is 1. The Hall–Kier alpha value is -3.17. The highest BCUT2D eigenvalue weighted by molar-refractivity contribution is 7.89. The van der Waals surface area contributed by atoms with Gasteiger partial charge in [0, 0.05) is 50.2 Å². The molecule has 1 aliphatic heterocycles. The van der Waals surface area contributed by atoms with E-state index in [2.05, 4.69) is 24.0 Å². The van der Waals surface area contributed by atoms with Gasteiger partial charge >= 0.3 is 6.09 Å². The topological polar surface area (TPSA) is 70.2 Å². The van der Waals surface area contributed by atoms with Crippen molar-refractivity contribution >= 4 is 27.7 Å². The van der Waals surface area contributed by atoms with Crippen LogP contribution in [-0.4, -0.2) is 74.4 Å². The molecule has 3 aromatic rings. The van der Waals surface area contributed by atoms with E-state index in [1.807, 2.05) is 54.6 Å². The summed E-state index contributed by atoms with van der Waals surface area (Å²) in [6.07, 6.45) is 3.86. The minimum absolute atomic E-state index is 0.0510. The van der Waals surface area contributed by atoms with Gasteiger partial charge in [-0.25, -0.2) is 17.5 Å². The lowest BCUT2D eigenvalue weighted by molar-refractivity contribution is 0.0646. The summed E-state index contributed by atoms with van der Waals surface area (Å²) in [6, 6.07) is 28.5. The van der Waals surface area contributed by atoms with Gasteiger partial charge in [-0.2, -0.15) is 0 Å². The molecule has 1 atom stereocenters. The molecule has 4 rings (SSSR count). The summed E-state index contributed by atoms with van der Waals surface area (Å²) in [5.41, 5.74) is 3.10. The number of ether oxygens (including phenoxy) is 1. The number of halogens is 1. The van der Waals surface area contributed by atoms with Crippen LogP contribution in [0.15, 0.2) is 108 Å². The summed E-state index contributed by atoms with van der Waals surface area (Å²) in [7, 11) is -1.96. The third-order valence-corrected chi connectivity index (χ3v) is 10.3. The molecule has 1 aliphatic rings. The fraction of sp³-hybridized carbons (Fsp3) is 0.382. The number of amides is 1. The first kappa shape index (κ1) is 32.7. The van der Waals surface area contributed by atoms with Crippen LogP contribution in [-0.2, 0) is 26.8 Å². The Morgan fingerprint density at radius 1 is 0.977 bits per heavy atom. The molecule has 0 radical (unpaired) electrons. The smallest absolute Gasteiger partial charge is 0.410 e. The van der Waals surface area contributed by atoms with Crippen molar-refractivity contribution < 1.29 is 17.9 Å². The second-order valence-electron chi connectivity index (χ2n) is 11.4.